The molecule has 1 heterocycles. The molecule has 1 fully saturated rings. The van der Waals surface area contributed by atoms with Gasteiger partial charge in [-0.3, -0.25) is 14.5 Å². The maximum Gasteiger partial charge on any atom is 0.321 e. The topological polar surface area (TPSA) is 90.9 Å². The van der Waals surface area contributed by atoms with Crippen LogP contribution in [0.25, 0.3) is 0 Å². The Labute approximate surface area is 158 Å². The fourth-order valence-corrected chi connectivity index (χ4v) is 2.94. The molecule has 0 aromatic heterocycles. The van der Waals surface area contributed by atoms with Crippen molar-refractivity contribution in [3.05, 3.63) is 28.8 Å². The summed E-state index contributed by atoms with van der Waals surface area (Å²) < 4.78 is 5.30. The van der Waals surface area contributed by atoms with Gasteiger partial charge in [0.2, 0.25) is 5.91 Å². The molecule has 0 aliphatic carbocycles. The number of halogens is 1. The first kappa shape index (κ1) is 20.6. The Balaban J connectivity index is 1.76. The van der Waals surface area contributed by atoms with E-state index in [1.165, 1.54) is 0 Å². The largest absolute Gasteiger partial charge is 0.480 e. The Morgan fingerprint density at radius 1 is 1.35 bits per heavy atom. The summed E-state index contributed by atoms with van der Waals surface area (Å²) in [4.78, 5) is 25.9. The van der Waals surface area contributed by atoms with Crippen molar-refractivity contribution in [1.82, 2.24) is 10.2 Å². The molecule has 1 amide bonds. The number of carbonyl (C=O) groups excluding carboxylic acids is 1. The van der Waals surface area contributed by atoms with Gasteiger partial charge < -0.3 is 20.5 Å². The molecule has 1 atom stereocenters. The second-order valence-electron chi connectivity index (χ2n) is 6.36. The Morgan fingerprint density at radius 3 is 2.77 bits per heavy atom. The smallest absolute Gasteiger partial charge is 0.321 e. The average molecular weight is 384 g/mol. The van der Waals surface area contributed by atoms with E-state index >= 15 is 0 Å². The number of hydrogen-bond acceptors (Lipinski definition) is 5. The summed E-state index contributed by atoms with van der Waals surface area (Å²) in [5.41, 5.74) is 1.46. The van der Waals surface area contributed by atoms with Crippen molar-refractivity contribution < 1.29 is 19.4 Å². The number of benzene rings is 1. The summed E-state index contributed by atoms with van der Waals surface area (Å²) in [5.74, 6) is -1.39. The minimum absolute atomic E-state index is 0.140. The Kier molecular flexibility index (Phi) is 8.31. The summed E-state index contributed by atoms with van der Waals surface area (Å²) in [6, 6.07) is 4.28. The molecule has 1 aromatic rings. The zero-order valence-corrected chi connectivity index (χ0v) is 15.7. The number of nitrogens with one attached hydrogen (secondary N) is 2. The highest BCUT2D eigenvalue weighted by Crippen LogP contribution is 2.20. The first-order chi connectivity index (χ1) is 12.5. The highest BCUT2D eigenvalue weighted by Gasteiger charge is 2.21. The number of carboxylic acids is 1. The zero-order valence-electron chi connectivity index (χ0n) is 15.0. The van der Waals surface area contributed by atoms with Crippen LogP contribution in [0.1, 0.15) is 18.4 Å². The van der Waals surface area contributed by atoms with Gasteiger partial charge >= 0.3 is 5.97 Å². The molecular formula is C18H26ClN3O4. The molecule has 26 heavy (non-hydrogen) atoms. The van der Waals surface area contributed by atoms with Crippen molar-refractivity contribution >= 4 is 29.2 Å². The molecule has 1 aliphatic heterocycles. The quantitative estimate of drug-likeness (QED) is 0.563. The maximum absolute atomic E-state index is 12.2. The number of carboxylic acid groups (broad SMARTS) is 1. The third-order valence-electron chi connectivity index (χ3n) is 4.31. The summed E-state index contributed by atoms with van der Waals surface area (Å²) in [6.07, 6.45) is 0.678. The normalized spacial score (nSPS) is 16.2. The summed E-state index contributed by atoms with van der Waals surface area (Å²) in [6.45, 7) is 6.58. The molecule has 0 spiro atoms. The van der Waals surface area contributed by atoms with Crippen molar-refractivity contribution in [3.63, 3.8) is 0 Å². The second kappa shape index (κ2) is 10.5. The van der Waals surface area contributed by atoms with Gasteiger partial charge in [0.15, 0.2) is 0 Å². The minimum atomic E-state index is -1.03. The molecule has 0 unspecified atom stereocenters. The molecule has 0 bridgehead atoms. The van der Waals surface area contributed by atoms with Crippen LogP contribution >= 0.6 is 11.6 Å². The fourth-order valence-electron chi connectivity index (χ4n) is 2.77. The number of carbonyl (C=O) groups is 2. The molecule has 0 saturated carbocycles. The van der Waals surface area contributed by atoms with Crippen LogP contribution in [-0.2, 0) is 14.3 Å². The van der Waals surface area contributed by atoms with E-state index in [4.69, 9.17) is 16.3 Å². The van der Waals surface area contributed by atoms with Crippen molar-refractivity contribution in [1.29, 1.82) is 0 Å². The SMILES string of the molecule is Cc1ccc(Cl)cc1NC(=O)C[C@H](NCCCN1CCOCC1)C(=O)O. The van der Waals surface area contributed by atoms with Gasteiger partial charge in [-0.1, -0.05) is 17.7 Å². The van der Waals surface area contributed by atoms with Crippen LogP contribution in [0.5, 0.6) is 0 Å². The molecule has 1 saturated heterocycles. The molecule has 3 N–H and O–H groups in total. The van der Waals surface area contributed by atoms with E-state index in [9.17, 15) is 14.7 Å². The predicted molar refractivity (Wildman–Crippen MR) is 101 cm³/mol. The van der Waals surface area contributed by atoms with Crippen LogP contribution in [0.4, 0.5) is 5.69 Å². The number of hydrogen-bond donors (Lipinski definition) is 3. The van der Waals surface area contributed by atoms with Crippen LogP contribution in [-0.4, -0.2) is 67.3 Å². The molecule has 7 nitrogen and oxygen atoms in total. The lowest BCUT2D eigenvalue weighted by atomic mass is 10.1. The lowest BCUT2D eigenvalue weighted by Crippen LogP contribution is -2.42. The van der Waals surface area contributed by atoms with E-state index < -0.39 is 12.0 Å². The number of anilines is 1. The number of aliphatic carboxylic acids is 1. The Hall–Kier alpha value is -1.67. The van der Waals surface area contributed by atoms with Gasteiger partial charge in [0, 0.05) is 23.8 Å². The standard InChI is InChI=1S/C18H26ClN3O4/c1-13-3-4-14(19)11-15(13)21-17(23)12-16(18(24)25)20-5-2-6-22-7-9-26-10-8-22/h3-4,11,16,20H,2,5-10,12H2,1H3,(H,21,23)(H,24,25)/t16-/m0/s1. The monoisotopic (exact) mass is 383 g/mol. The zero-order chi connectivity index (χ0) is 18.9. The van der Waals surface area contributed by atoms with Crippen LogP contribution in [0.2, 0.25) is 5.02 Å². The summed E-state index contributed by atoms with van der Waals surface area (Å²) in [5, 5.41) is 15.5. The lowest BCUT2D eigenvalue weighted by molar-refractivity contribution is -0.141. The van der Waals surface area contributed by atoms with Crippen molar-refractivity contribution in [3.8, 4) is 0 Å². The van der Waals surface area contributed by atoms with Gasteiger partial charge in [-0.25, -0.2) is 0 Å². The highest BCUT2D eigenvalue weighted by atomic mass is 35.5. The Morgan fingerprint density at radius 2 is 2.08 bits per heavy atom. The van der Waals surface area contributed by atoms with Gasteiger partial charge in [-0.05, 0) is 44.1 Å². The maximum atomic E-state index is 12.2. The van der Waals surface area contributed by atoms with Gasteiger partial charge in [-0.15, -0.1) is 0 Å². The molecule has 0 radical (unpaired) electrons. The summed E-state index contributed by atoms with van der Waals surface area (Å²) in [7, 11) is 0. The van der Waals surface area contributed by atoms with Crippen LogP contribution in [0, 0.1) is 6.92 Å². The number of amides is 1. The molecule has 144 valence electrons. The molecule has 1 aromatic carbocycles. The Bertz CT molecular complexity index is 620. The number of ether oxygens (including phenoxy) is 1. The molecule has 8 heteroatoms. The average Bonchev–Trinajstić information content (AvgIpc) is 2.61. The van der Waals surface area contributed by atoms with Crippen LogP contribution < -0.4 is 10.6 Å². The first-order valence-electron chi connectivity index (χ1n) is 8.78. The number of rotatable bonds is 9. The third kappa shape index (κ3) is 6.92. The van der Waals surface area contributed by atoms with E-state index in [0.29, 0.717) is 17.3 Å². The van der Waals surface area contributed by atoms with E-state index in [1.54, 1.807) is 18.2 Å². The van der Waals surface area contributed by atoms with E-state index in [1.807, 2.05) is 6.92 Å². The second-order valence-corrected chi connectivity index (χ2v) is 6.80. The van der Waals surface area contributed by atoms with Crippen LogP contribution in [0.15, 0.2) is 18.2 Å². The van der Waals surface area contributed by atoms with Crippen molar-refractivity contribution in [2.24, 2.45) is 0 Å². The fraction of sp³-hybridized carbons (Fsp3) is 0.556. The first-order valence-corrected chi connectivity index (χ1v) is 9.16. The lowest BCUT2D eigenvalue weighted by Gasteiger charge is -2.26. The van der Waals surface area contributed by atoms with Gasteiger partial charge in [0.25, 0.3) is 0 Å². The van der Waals surface area contributed by atoms with E-state index in [2.05, 4.69) is 15.5 Å². The molecule has 1 aliphatic rings. The summed E-state index contributed by atoms with van der Waals surface area (Å²) >= 11 is 5.94. The van der Waals surface area contributed by atoms with E-state index in [0.717, 1.165) is 44.8 Å². The van der Waals surface area contributed by atoms with Crippen molar-refractivity contribution in [2.45, 2.75) is 25.8 Å². The van der Waals surface area contributed by atoms with E-state index in [-0.39, 0.29) is 12.3 Å². The van der Waals surface area contributed by atoms with Gasteiger partial charge in [0.05, 0.1) is 19.6 Å². The third-order valence-corrected chi connectivity index (χ3v) is 4.54. The number of nitrogens with zero attached hydrogens (tertiary/aromatic N) is 1. The number of aryl methyl sites for hydroxylation is 1. The number of morpholine rings is 1. The van der Waals surface area contributed by atoms with Gasteiger partial charge in [-0.2, -0.15) is 0 Å². The minimum Gasteiger partial charge on any atom is -0.480 e. The predicted octanol–water partition coefficient (Wildman–Crippen LogP) is 1.74. The molecule has 2 rings (SSSR count). The molecular weight excluding hydrogens is 358 g/mol. The van der Waals surface area contributed by atoms with Gasteiger partial charge in [0.1, 0.15) is 6.04 Å². The van der Waals surface area contributed by atoms with Crippen LogP contribution in [0.3, 0.4) is 0 Å². The highest BCUT2D eigenvalue weighted by molar-refractivity contribution is 6.31. The van der Waals surface area contributed by atoms with Crippen molar-refractivity contribution in [2.75, 3.05) is 44.7 Å².